The van der Waals surface area contributed by atoms with Crippen LogP contribution in [-0.2, 0) is 30.8 Å². The molecule has 37 heavy (non-hydrogen) atoms. The lowest BCUT2D eigenvalue weighted by molar-refractivity contribution is -0.117. The molecule has 1 N–H and O–H groups in total. The first-order chi connectivity index (χ1) is 18.1. The monoisotopic (exact) mass is 498 g/mol. The van der Waals surface area contributed by atoms with Gasteiger partial charge in [0.05, 0.1) is 18.8 Å². The van der Waals surface area contributed by atoms with Crippen molar-refractivity contribution in [3.8, 4) is 0 Å². The Morgan fingerprint density at radius 1 is 1.05 bits per heavy atom. The number of anilines is 1. The maximum absolute atomic E-state index is 13.5. The molecule has 0 spiro atoms. The van der Waals surface area contributed by atoms with E-state index in [1.54, 1.807) is 28.1 Å². The summed E-state index contributed by atoms with van der Waals surface area (Å²) in [7, 11) is 0. The van der Waals surface area contributed by atoms with E-state index in [1.165, 1.54) is 12.8 Å². The van der Waals surface area contributed by atoms with E-state index in [-0.39, 0.29) is 17.7 Å². The van der Waals surface area contributed by atoms with Gasteiger partial charge in [0.15, 0.2) is 5.69 Å². The zero-order valence-corrected chi connectivity index (χ0v) is 20.7. The predicted molar refractivity (Wildman–Crippen MR) is 137 cm³/mol. The van der Waals surface area contributed by atoms with Crippen molar-refractivity contribution in [2.24, 2.45) is 5.92 Å². The smallest absolute Gasteiger partial charge is 0.272 e. The van der Waals surface area contributed by atoms with Crippen LogP contribution in [0.3, 0.4) is 0 Å². The fourth-order valence-electron chi connectivity index (χ4n) is 5.21. The predicted octanol–water partition coefficient (Wildman–Crippen LogP) is 2.94. The average molecular weight is 499 g/mol. The third kappa shape index (κ3) is 4.85. The van der Waals surface area contributed by atoms with Crippen molar-refractivity contribution in [1.29, 1.82) is 0 Å². The first-order valence-corrected chi connectivity index (χ1v) is 13.0. The molecule has 1 saturated heterocycles. The molecule has 9 heteroatoms. The Morgan fingerprint density at radius 2 is 1.95 bits per heavy atom. The van der Waals surface area contributed by atoms with E-state index in [0.29, 0.717) is 56.2 Å². The molecule has 1 aromatic carbocycles. The highest BCUT2D eigenvalue weighted by Gasteiger charge is 2.33. The summed E-state index contributed by atoms with van der Waals surface area (Å²) < 4.78 is 1.99. The molecule has 2 aromatic heterocycles. The summed E-state index contributed by atoms with van der Waals surface area (Å²) in [5.74, 6) is 0.356. The van der Waals surface area contributed by atoms with Crippen LogP contribution in [0.5, 0.6) is 0 Å². The molecule has 3 aliphatic rings. The van der Waals surface area contributed by atoms with Crippen LogP contribution < -0.4 is 10.2 Å². The fraction of sp³-hybridized carbons (Fsp3) is 0.393. The molecule has 6 rings (SSSR count). The summed E-state index contributed by atoms with van der Waals surface area (Å²) in [4.78, 5) is 46.8. The Balaban J connectivity index is 1.23. The standard InChI is InChI=1S/C28H30N6O3/c35-25-8-4-13-33(25)22-7-3-5-20(15-22)28(37)32-14-11-24-23(18-32)26(31-34(24)17-19-9-10-19)27(36)30-16-21-6-1-2-12-29-21/h1-3,5-7,12,15,19H,4,8-11,13-14,16-18H2,(H,30,36). The number of carbonyl (C=O) groups excluding carboxylic acids is 3. The summed E-state index contributed by atoms with van der Waals surface area (Å²) in [5.41, 5.74) is 4.35. The van der Waals surface area contributed by atoms with Crippen molar-refractivity contribution < 1.29 is 14.4 Å². The number of pyridine rings is 1. The van der Waals surface area contributed by atoms with Crippen LogP contribution in [0.1, 0.15) is 63.5 Å². The molecule has 0 bridgehead atoms. The van der Waals surface area contributed by atoms with Crippen LogP contribution in [0.4, 0.5) is 5.69 Å². The van der Waals surface area contributed by atoms with Crippen LogP contribution in [0.15, 0.2) is 48.7 Å². The first kappa shape index (κ1) is 23.4. The van der Waals surface area contributed by atoms with Gasteiger partial charge in [-0.1, -0.05) is 12.1 Å². The maximum Gasteiger partial charge on any atom is 0.272 e. The largest absolute Gasteiger partial charge is 0.345 e. The van der Waals surface area contributed by atoms with E-state index >= 15 is 0 Å². The highest BCUT2D eigenvalue weighted by atomic mass is 16.2. The van der Waals surface area contributed by atoms with Crippen molar-refractivity contribution in [3.05, 3.63) is 76.9 Å². The number of hydrogen-bond donors (Lipinski definition) is 1. The Morgan fingerprint density at radius 3 is 2.70 bits per heavy atom. The van der Waals surface area contributed by atoms with Crippen molar-refractivity contribution in [3.63, 3.8) is 0 Å². The normalized spacial score (nSPS) is 17.1. The molecule has 4 heterocycles. The summed E-state index contributed by atoms with van der Waals surface area (Å²) in [5, 5.41) is 7.68. The van der Waals surface area contributed by atoms with Crippen LogP contribution in [-0.4, -0.2) is 50.5 Å². The van der Waals surface area contributed by atoms with Gasteiger partial charge in [0.25, 0.3) is 11.8 Å². The number of hydrogen-bond acceptors (Lipinski definition) is 5. The molecule has 2 fully saturated rings. The molecule has 0 unspecified atom stereocenters. The number of carbonyl (C=O) groups is 3. The number of amides is 3. The van der Waals surface area contributed by atoms with Crippen LogP contribution in [0.25, 0.3) is 0 Å². The summed E-state index contributed by atoms with van der Waals surface area (Å²) in [6.45, 7) is 2.70. The lowest BCUT2D eigenvalue weighted by Gasteiger charge is -2.28. The minimum atomic E-state index is -0.250. The highest BCUT2D eigenvalue weighted by Crippen LogP contribution is 2.33. The van der Waals surface area contributed by atoms with Gasteiger partial charge in [-0.2, -0.15) is 5.10 Å². The second-order valence-corrected chi connectivity index (χ2v) is 10.1. The Bertz CT molecular complexity index is 1350. The summed E-state index contributed by atoms with van der Waals surface area (Å²) >= 11 is 0. The van der Waals surface area contributed by atoms with Gasteiger partial charge in [0.1, 0.15) is 0 Å². The summed E-state index contributed by atoms with van der Waals surface area (Å²) in [6.07, 6.45) is 6.11. The lowest BCUT2D eigenvalue weighted by Crippen LogP contribution is -2.37. The number of fused-ring (bicyclic) bond motifs is 1. The molecule has 1 aliphatic carbocycles. The second kappa shape index (κ2) is 9.80. The Labute approximate surface area is 215 Å². The highest BCUT2D eigenvalue weighted by molar-refractivity contribution is 5.99. The Hall–Kier alpha value is -4.01. The zero-order chi connectivity index (χ0) is 25.4. The van der Waals surface area contributed by atoms with Gasteiger partial charge in [0, 0.05) is 61.2 Å². The molecule has 1 saturated carbocycles. The molecule has 0 atom stereocenters. The zero-order valence-electron chi connectivity index (χ0n) is 20.7. The number of nitrogens with one attached hydrogen (secondary N) is 1. The van der Waals surface area contributed by atoms with E-state index in [9.17, 15) is 14.4 Å². The average Bonchev–Trinajstić information content (AvgIpc) is 3.54. The maximum atomic E-state index is 13.5. The minimum absolute atomic E-state index is 0.0941. The fourth-order valence-corrected chi connectivity index (χ4v) is 5.21. The number of benzene rings is 1. The van der Waals surface area contributed by atoms with E-state index < -0.39 is 0 Å². The van der Waals surface area contributed by atoms with E-state index in [4.69, 9.17) is 5.10 Å². The van der Waals surface area contributed by atoms with E-state index in [0.717, 1.165) is 35.6 Å². The second-order valence-electron chi connectivity index (χ2n) is 10.1. The van der Waals surface area contributed by atoms with Gasteiger partial charge in [-0.3, -0.25) is 24.0 Å². The lowest BCUT2D eigenvalue weighted by atomic mass is 10.0. The molecule has 3 amide bonds. The molecular formula is C28H30N6O3. The molecule has 190 valence electrons. The number of rotatable bonds is 7. The molecule has 0 radical (unpaired) electrons. The van der Waals surface area contributed by atoms with Crippen LogP contribution >= 0.6 is 0 Å². The molecule has 9 nitrogen and oxygen atoms in total. The van der Waals surface area contributed by atoms with Gasteiger partial charge in [-0.25, -0.2) is 0 Å². The van der Waals surface area contributed by atoms with Crippen LogP contribution in [0.2, 0.25) is 0 Å². The van der Waals surface area contributed by atoms with Crippen molar-refractivity contribution in [1.82, 2.24) is 25.0 Å². The van der Waals surface area contributed by atoms with Gasteiger partial charge in [0.2, 0.25) is 5.91 Å². The third-order valence-corrected chi connectivity index (χ3v) is 7.40. The van der Waals surface area contributed by atoms with E-state index in [1.807, 2.05) is 35.0 Å². The molecule has 2 aliphatic heterocycles. The van der Waals surface area contributed by atoms with Crippen molar-refractivity contribution in [2.75, 3.05) is 18.0 Å². The number of aromatic nitrogens is 3. The van der Waals surface area contributed by atoms with Crippen LogP contribution in [0, 0.1) is 5.92 Å². The van der Waals surface area contributed by atoms with E-state index in [2.05, 4.69) is 10.3 Å². The van der Waals surface area contributed by atoms with Crippen molar-refractivity contribution in [2.45, 2.75) is 51.7 Å². The minimum Gasteiger partial charge on any atom is -0.345 e. The van der Waals surface area contributed by atoms with Gasteiger partial charge < -0.3 is 15.1 Å². The van der Waals surface area contributed by atoms with Crippen molar-refractivity contribution >= 4 is 23.4 Å². The topological polar surface area (TPSA) is 100 Å². The SMILES string of the molecule is O=C(NCc1ccccn1)c1nn(CC2CC2)c2c1CN(C(=O)c1cccc(N3CCCC3=O)c1)CC2. The Kier molecular flexibility index (Phi) is 6.20. The third-order valence-electron chi connectivity index (χ3n) is 7.40. The molecule has 3 aromatic rings. The number of nitrogens with zero attached hydrogens (tertiary/aromatic N) is 5. The van der Waals surface area contributed by atoms with Gasteiger partial charge >= 0.3 is 0 Å². The van der Waals surface area contributed by atoms with Gasteiger partial charge in [-0.15, -0.1) is 0 Å². The first-order valence-electron chi connectivity index (χ1n) is 13.0. The quantitative estimate of drug-likeness (QED) is 0.540. The van der Waals surface area contributed by atoms with Gasteiger partial charge in [-0.05, 0) is 55.5 Å². The molecular weight excluding hydrogens is 468 g/mol. The summed E-state index contributed by atoms with van der Waals surface area (Å²) in [6, 6.07) is 12.9.